The molecule has 0 N–H and O–H groups in total. The van der Waals surface area contributed by atoms with Gasteiger partial charge in [0, 0.05) is 25.3 Å². The minimum Gasteiger partial charge on any atom is -0.378 e. The summed E-state index contributed by atoms with van der Waals surface area (Å²) < 4.78 is 0. The summed E-state index contributed by atoms with van der Waals surface area (Å²) in [5, 5.41) is 8.27. The number of aldehydes is 1. The van der Waals surface area contributed by atoms with Crippen LogP contribution in [-0.4, -0.2) is 20.4 Å². The first-order valence-corrected chi connectivity index (χ1v) is 5.93. The van der Waals surface area contributed by atoms with E-state index in [4.69, 9.17) is 0 Å². The second kappa shape index (κ2) is 5.91. The van der Waals surface area contributed by atoms with E-state index in [9.17, 15) is 4.79 Å². The Morgan fingerprint density at radius 1 is 0.842 bits per heavy atom. The molecule has 96 valence electrons. The van der Waals surface area contributed by atoms with Crippen molar-refractivity contribution in [1.29, 1.82) is 0 Å². The van der Waals surface area contributed by atoms with Crippen molar-refractivity contribution in [2.45, 2.75) is 0 Å². The highest BCUT2D eigenvalue weighted by Gasteiger charge is 1.95. The molecule has 0 bridgehead atoms. The SMILES string of the molecule is CN(C)c1ccc(N=Nc2ccc(C=O)cc2)cc1. The molecule has 0 unspecified atom stereocenters. The van der Waals surface area contributed by atoms with Crippen LogP contribution in [0.25, 0.3) is 0 Å². The van der Waals surface area contributed by atoms with E-state index in [0.29, 0.717) is 5.56 Å². The molecule has 0 spiro atoms. The molecular formula is C15H15N3O. The van der Waals surface area contributed by atoms with E-state index in [1.54, 1.807) is 24.3 Å². The summed E-state index contributed by atoms with van der Waals surface area (Å²) in [6, 6.07) is 14.8. The Balaban J connectivity index is 2.10. The number of carbonyl (C=O) groups excluding carboxylic acids is 1. The van der Waals surface area contributed by atoms with E-state index in [2.05, 4.69) is 10.2 Å². The zero-order chi connectivity index (χ0) is 13.7. The highest BCUT2D eigenvalue weighted by atomic mass is 16.1. The van der Waals surface area contributed by atoms with Crippen LogP contribution in [0.2, 0.25) is 0 Å². The lowest BCUT2D eigenvalue weighted by molar-refractivity contribution is 0.112. The van der Waals surface area contributed by atoms with Gasteiger partial charge >= 0.3 is 0 Å². The van der Waals surface area contributed by atoms with Gasteiger partial charge in [-0.25, -0.2) is 0 Å². The topological polar surface area (TPSA) is 45.0 Å². The molecule has 0 aliphatic heterocycles. The Kier molecular flexibility index (Phi) is 4.03. The fraction of sp³-hybridized carbons (Fsp3) is 0.133. The number of benzene rings is 2. The Labute approximate surface area is 112 Å². The van der Waals surface area contributed by atoms with Gasteiger partial charge in [-0.15, -0.1) is 0 Å². The number of carbonyl (C=O) groups is 1. The number of nitrogens with zero attached hydrogens (tertiary/aromatic N) is 3. The minimum atomic E-state index is 0.634. The highest BCUT2D eigenvalue weighted by Crippen LogP contribution is 2.21. The van der Waals surface area contributed by atoms with Gasteiger partial charge in [0.2, 0.25) is 0 Å². The predicted octanol–water partition coefficient (Wildman–Crippen LogP) is 3.98. The van der Waals surface area contributed by atoms with E-state index >= 15 is 0 Å². The normalized spacial score (nSPS) is 10.6. The minimum absolute atomic E-state index is 0.634. The van der Waals surface area contributed by atoms with Crippen LogP contribution in [0.15, 0.2) is 58.8 Å². The summed E-state index contributed by atoms with van der Waals surface area (Å²) in [6.45, 7) is 0. The van der Waals surface area contributed by atoms with Crippen molar-refractivity contribution in [3.63, 3.8) is 0 Å². The summed E-state index contributed by atoms with van der Waals surface area (Å²) in [6.07, 6.45) is 0.806. The zero-order valence-corrected chi connectivity index (χ0v) is 10.9. The molecule has 0 fully saturated rings. The van der Waals surface area contributed by atoms with Crippen molar-refractivity contribution < 1.29 is 4.79 Å². The van der Waals surface area contributed by atoms with Crippen molar-refractivity contribution in [3.05, 3.63) is 54.1 Å². The molecule has 0 amide bonds. The standard InChI is InChI=1S/C15H15N3O/c1-18(2)15-9-7-14(8-10-15)17-16-13-5-3-12(11-19)4-6-13/h3-11H,1-2H3. The van der Waals surface area contributed by atoms with E-state index in [0.717, 1.165) is 23.3 Å². The molecule has 0 aliphatic carbocycles. The van der Waals surface area contributed by atoms with Crippen LogP contribution in [-0.2, 0) is 0 Å². The Morgan fingerprint density at radius 2 is 1.32 bits per heavy atom. The van der Waals surface area contributed by atoms with Crippen molar-refractivity contribution in [2.75, 3.05) is 19.0 Å². The van der Waals surface area contributed by atoms with Crippen LogP contribution in [0.5, 0.6) is 0 Å². The molecule has 0 saturated carbocycles. The molecule has 0 atom stereocenters. The zero-order valence-electron chi connectivity index (χ0n) is 10.9. The lowest BCUT2D eigenvalue weighted by Crippen LogP contribution is -2.07. The van der Waals surface area contributed by atoms with Crippen LogP contribution in [0.4, 0.5) is 17.1 Å². The molecular weight excluding hydrogens is 238 g/mol. The van der Waals surface area contributed by atoms with Crippen LogP contribution in [0.1, 0.15) is 10.4 Å². The first-order valence-electron chi connectivity index (χ1n) is 5.93. The van der Waals surface area contributed by atoms with Gasteiger partial charge in [-0.05, 0) is 48.5 Å². The molecule has 0 radical (unpaired) electrons. The van der Waals surface area contributed by atoms with Crippen LogP contribution in [0.3, 0.4) is 0 Å². The fourth-order valence-electron chi connectivity index (χ4n) is 1.55. The van der Waals surface area contributed by atoms with Crippen LogP contribution in [0, 0.1) is 0 Å². The van der Waals surface area contributed by atoms with Gasteiger partial charge in [-0.2, -0.15) is 10.2 Å². The summed E-state index contributed by atoms with van der Waals surface area (Å²) in [5.41, 5.74) is 3.27. The number of azo groups is 1. The Morgan fingerprint density at radius 3 is 1.74 bits per heavy atom. The third-order valence-corrected chi connectivity index (χ3v) is 2.68. The van der Waals surface area contributed by atoms with Gasteiger partial charge in [0.15, 0.2) is 0 Å². The summed E-state index contributed by atoms with van der Waals surface area (Å²) in [7, 11) is 3.98. The molecule has 0 aromatic heterocycles. The first-order chi connectivity index (χ1) is 9.19. The van der Waals surface area contributed by atoms with Gasteiger partial charge in [-0.3, -0.25) is 4.79 Å². The second-order valence-corrected chi connectivity index (χ2v) is 4.32. The number of rotatable bonds is 4. The molecule has 19 heavy (non-hydrogen) atoms. The van der Waals surface area contributed by atoms with E-state index in [1.165, 1.54) is 0 Å². The van der Waals surface area contributed by atoms with E-state index < -0.39 is 0 Å². The van der Waals surface area contributed by atoms with Gasteiger partial charge in [0.1, 0.15) is 6.29 Å². The van der Waals surface area contributed by atoms with Gasteiger partial charge in [0.25, 0.3) is 0 Å². The average molecular weight is 253 g/mol. The van der Waals surface area contributed by atoms with Crippen LogP contribution < -0.4 is 4.90 Å². The molecule has 4 nitrogen and oxygen atoms in total. The predicted molar refractivity (Wildman–Crippen MR) is 76.8 cm³/mol. The molecule has 0 aliphatic rings. The molecule has 2 rings (SSSR count). The van der Waals surface area contributed by atoms with Crippen LogP contribution >= 0.6 is 0 Å². The Hall–Kier alpha value is -2.49. The van der Waals surface area contributed by atoms with Crippen molar-refractivity contribution in [1.82, 2.24) is 0 Å². The van der Waals surface area contributed by atoms with Gasteiger partial charge in [-0.1, -0.05) is 0 Å². The lowest BCUT2D eigenvalue weighted by atomic mass is 10.2. The van der Waals surface area contributed by atoms with E-state index in [-0.39, 0.29) is 0 Å². The third kappa shape index (κ3) is 3.48. The smallest absolute Gasteiger partial charge is 0.150 e. The maximum absolute atomic E-state index is 10.5. The molecule has 4 heteroatoms. The highest BCUT2D eigenvalue weighted by molar-refractivity contribution is 5.75. The summed E-state index contributed by atoms with van der Waals surface area (Å²) >= 11 is 0. The number of hydrogen-bond acceptors (Lipinski definition) is 4. The van der Waals surface area contributed by atoms with Crippen molar-refractivity contribution >= 4 is 23.3 Å². The van der Waals surface area contributed by atoms with Gasteiger partial charge in [0.05, 0.1) is 11.4 Å². The maximum Gasteiger partial charge on any atom is 0.150 e. The van der Waals surface area contributed by atoms with E-state index in [1.807, 2.05) is 43.3 Å². The largest absolute Gasteiger partial charge is 0.378 e. The molecule has 2 aromatic carbocycles. The van der Waals surface area contributed by atoms with Crippen molar-refractivity contribution in [3.8, 4) is 0 Å². The third-order valence-electron chi connectivity index (χ3n) is 2.68. The Bertz CT molecular complexity index is 571. The molecule has 0 heterocycles. The molecule has 0 saturated heterocycles. The maximum atomic E-state index is 10.5. The quantitative estimate of drug-likeness (QED) is 0.611. The second-order valence-electron chi connectivity index (χ2n) is 4.32. The number of hydrogen-bond donors (Lipinski definition) is 0. The fourth-order valence-corrected chi connectivity index (χ4v) is 1.55. The average Bonchev–Trinajstić information content (AvgIpc) is 2.46. The monoisotopic (exact) mass is 253 g/mol. The first kappa shape index (κ1) is 13.0. The molecule has 2 aromatic rings. The summed E-state index contributed by atoms with van der Waals surface area (Å²) in [4.78, 5) is 12.6. The van der Waals surface area contributed by atoms with Crippen molar-refractivity contribution in [2.24, 2.45) is 10.2 Å². The number of anilines is 1. The lowest BCUT2D eigenvalue weighted by Gasteiger charge is -2.11. The summed E-state index contributed by atoms with van der Waals surface area (Å²) in [5.74, 6) is 0. The van der Waals surface area contributed by atoms with Gasteiger partial charge < -0.3 is 4.90 Å².